The lowest BCUT2D eigenvalue weighted by molar-refractivity contribution is -0.114. The predicted octanol–water partition coefficient (Wildman–Crippen LogP) is 3.80. The number of oxazole rings is 1. The van der Waals surface area contributed by atoms with Gasteiger partial charge in [-0.05, 0) is 43.2 Å². The number of carbonyl (C=O) groups is 1. The van der Waals surface area contributed by atoms with Crippen LogP contribution in [0.2, 0.25) is 0 Å². The monoisotopic (exact) mass is 435 g/mol. The van der Waals surface area contributed by atoms with Crippen LogP contribution in [-0.2, 0) is 11.3 Å². The van der Waals surface area contributed by atoms with Gasteiger partial charge in [0.15, 0.2) is 10.7 Å². The number of nitrogens with one attached hydrogen (secondary N) is 1. The fourth-order valence-corrected chi connectivity index (χ4v) is 4.49. The van der Waals surface area contributed by atoms with Crippen LogP contribution in [-0.4, -0.2) is 31.0 Å². The maximum absolute atomic E-state index is 12.2. The minimum absolute atomic E-state index is 0.115. The van der Waals surface area contributed by atoms with Crippen molar-refractivity contribution in [3.05, 3.63) is 64.9 Å². The Bertz CT molecular complexity index is 1320. The minimum Gasteiger partial charge on any atom is -0.408 e. The highest BCUT2D eigenvalue weighted by Gasteiger charge is 2.31. The van der Waals surface area contributed by atoms with E-state index < -0.39 is 0 Å². The van der Waals surface area contributed by atoms with Crippen LogP contribution in [0.25, 0.3) is 16.8 Å². The molecular formula is C22H21N5O3S. The van der Waals surface area contributed by atoms with E-state index in [1.807, 2.05) is 42.5 Å². The van der Waals surface area contributed by atoms with Crippen LogP contribution in [0.15, 0.2) is 62.9 Å². The number of benzene rings is 2. The number of anilines is 1. The molecule has 1 aliphatic rings. The van der Waals surface area contributed by atoms with Gasteiger partial charge in [-0.1, -0.05) is 30.0 Å². The van der Waals surface area contributed by atoms with Gasteiger partial charge in [-0.3, -0.25) is 13.9 Å². The Balaban J connectivity index is 1.41. The van der Waals surface area contributed by atoms with Crippen molar-refractivity contribution < 1.29 is 9.21 Å². The molecule has 0 unspecified atom stereocenters. The van der Waals surface area contributed by atoms with E-state index in [0.29, 0.717) is 23.8 Å². The third kappa shape index (κ3) is 4.00. The third-order valence-electron chi connectivity index (χ3n) is 5.15. The van der Waals surface area contributed by atoms with Crippen LogP contribution in [0.5, 0.6) is 0 Å². The second kappa shape index (κ2) is 8.07. The number of para-hydroxylation sites is 2. The van der Waals surface area contributed by atoms with Gasteiger partial charge in [-0.15, -0.1) is 10.2 Å². The summed E-state index contributed by atoms with van der Waals surface area (Å²) in [4.78, 5) is 23.7. The standard InChI is InChI=1S/C22H21N5O3S/c1-14(28)23-16-5-4-6-17(13-16)27-20(15-9-10-15)24-25-21(27)31-12-11-26-18-7-2-3-8-19(18)30-22(26)29/h2-8,13,15H,9-12H2,1H3,(H,23,28). The van der Waals surface area contributed by atoms with E-state index >= 15 is 0 Å². The molecule has 4 aromatic rings. The third-order valence-corrected chi connectivity index (χ3v) is 6.05. The molecular weight excluding hydrogens is 414 g/mol. The molecule has 2 aromatic heterocycles. The molecule has 1 amide bonds. The maximum atomic E-state index is 12.2. The molecule has 0 saturated heterocycles. The Hall–Kier alpha value is -3.33. The molecule has 31 heavy (non-hydrogen) atoms. The molecule has 2 heterocycles. The average Bonchev–Trinajstić information content (AvgIpc) is 3.43. The summed E-state index contributed by atoms with van der Waals surface area (Å²) in [5.74, 6) is 1.51. The summed E-state index contributed by atoms with van der Waals surface area (Å²) >= 11 is 1.54. The molecule has 9 heteroatoms. The normalized spacial score (nSPS) is 13.6. The lowest BCUT2D eigenvalue weighted by Gasteiger charge is -2.12. The fourth-order valence-electron chi connectivity index (χ4n) is 3.60. The first-order valence-corrected chi connectivity index (χ1v) is 11.1. The lowest BCUT2D eigenvalue weighted by atomic mass is 10.2. The van der Waals surface area contributed by atoms with Crippen LogP contribution >= 0.6 is 11.8 Å². The number of hydrogen-bond acceptors (Lipinski definition) is 6. The van der Waals surface area contributed by atoms with E-state index in [2.05, 4.69) is 20.1 Å². The van der Waals surface area contributed by atoms with Crippen molar-refractivity contribution in [3.63, 3.8) is 0 Å². The molecule has 2 aromatic carbocycles. The smallest absolute Gasteiger partial charge is 0.408 e. The van der Waals surface area contributed by atoms with Gasteiger partial charge in [0.25, 0.3) is 0 Å². The predicted molar refractivity (Wildman–Crippen MR) is 119 cm³/mol. The van der Waals surface area contributed by atoms with E-state index in [9.17, 15) is 9.59 Å². The molecule has 0 bridgehead atoms. The van der Waals surface area contributed by atoms with E-state index in [1.54, 1.807) is 22.4 Å². The maximum Gasteiger partial charge on any atom is 0.419 e. The molecule has 0 spiro atoms. The van der Waals surface area contributed by atoms with E-state index in [4.69, 9.17) is 4.42 Å². The molecule has 0 aliphatic heterocycles. The van der Waals surface area contributed by atoms with E-state index in [0.717, 1.165) is 40.7 Å². The fraction of sp³-hybridized carbons (Fsp3) is 0.273. The highest BCUT2D eigenvalue weighted by atomic mass is 32.2. The summed E-state index contributed by atoms with van der Waals surface area (Å²) in [5.41, 5.74) is 3.02. The number of thioether (sulfide) groups is 1. The summed E-state index contributed by atoms with van der Waals surface area (Å²) in [6.07, 6.45) is 2.20. The number of aryl methyl sites for hydroxylation is 1. The summed E-state index contributed by atoms with van der Waals surface area (Å²) < 4.78 is 9.01. The molecule has 5 rings (SSSR count). The summed E-state index contributed by atoms with van der Waals surface area (Å²) in [6, 6.07) is 15.1. The second-order valence-corrected chi connectivity index (χ2v) is 8.58. The topological polar surface area (TPSA) is 95.0 Å². The van der Waals surface area contributed by atoms with E-state index in [-0.39, 0.29) is 11.7 Å². The van der Waals surface area contributed by atoms with Gasteiger partial charge < -0.3 is 9.73 Å². The van der Waals surface area contributed by atoms with Gasteiger partial charge in [0.2, 0.25) is 5.91 Å². The molecule has 0 radical (unpaired) electrons. The molecule has 1 saturated carbocycles. The van der Waals surface area contributed by atoms with Crippen LogP contribution in [0, 0.1) is 0 Å². The first kappa shape index (κ1) is 19.6. The molecule has 0 atom stereocenters. The van der Waals surface area contributed by atoms with Gasteiger partial charge in [0, 0.05) is 30.8 Å². The van der Waals surface area contributed by atoms with E-state index in [1.165, 1.54) is 6.92 Å². The summed E-state index contributed by atoms with van der Waals surface area (Å²) in [7, 11) is 0. The van der Waals surface area contributed by atoms with Gasteiger partial charge in [0.05, 0.1) is 11.2 Å². The zero-order chi connectivity index (χ0) is 21.4. The first-order valence-electron chi connectivity index (χ1n) is 10.1. The second-order valence-electron chi connectivity index (χ2n) is 7.52. The van der Waals surface area contributed by atoms with Crippen molar-refractivity contribution in [2.24, 2.45) is 0 Å². The first-order chi connectivity index (χ1) is 15.1. The number of nitrogens with zero attached hydrogens (tertiary/aromatic N) is 4. The zero-order valence-electron chi connectivity index (χ0n) is 16.9. The number of aromatic nitrogens is 4. The van der Waals surface area contributed by atoms with Gasteiger partial charge in [0.1, 0.15) is 5.82 Å². The largest absolute Gasteiger partial charge is 0.419 e. The van der Waals surface area contributed by atoms with Gasteiger partial charge >= 0.3 is 5.76 Å². The lowest BCUT2D eigenvalue weighted by Crippen LogP contribution is -2.15. The Kier molecular flexibility index (Phi) is 5.11. The van der Waals surface area contributed by atoms with Crippen LogP contribution in [0.4, 0.5) is 5.69 Å². The highest BCUT2D eigenvalue weighted by molar-refractivity contribution is 7.99. The van der Waals surface area contributed by atoms with Gasteiger partial charge in [-0.2, -0.15) is 0 Å². The molecule has 1 N–H and O–H groups in total. The van der Waals surface area contributed by atoms with Crippen LogP contribution in [0.3, 0.4) is 0 Å². The zero-order valence-corrected chi connectivity index (χ0v) is 17.8. The molecule has 1 aliphatic carbocycles. The van der Waals surface area contributed by atoms with Crippen molar-refractivity contribution in [1.82, 2.24) is 19.3 Å². The van der Waals surface area contributed by atoms with Gasteiger partial charge in [-0.25, -0.2) is 4.79 Å². The highest BCUT2D eigenvalue weighted by Crippen LogP contribution is 2.41. The van der Waals surface area contributed by atoms with Crippen LogP contribution < -0.4 is 11.1 Å². The molecule has 1 fully saturated rings. The number of carbonyl (C=O) groups excluding carboxylic acids is 1. The minimum atomic E-state index is -0.357. The molecule has 8 nitrogen and oxygen atoms in total. The Morgan fingerprint density at radius 3 is 2.84 bits per heavy atom. The van der Waals surface area contributed by atoms with Crippen molar-refractivity contribution in [2.75, 3.05) is 11.1 Å². The van der Waals surface area contributed by atoms with Crippen molar-refractivity contribution in [3.8, 4) is 5.69 Å². The number of amides is 1. The van der Waals surface area contributed by atoms with Crippen LogP contribution in [0.1, 0.15) is 31.5 Å². The van der Waals surface area contributed by atoms with Crippen molar-refractivity contribution in [1.29, 1.82) is 0 Å². The summed E-state index contributed by atoms with van der Waals surface area (Å²) in [6.45, 7) is 1.99. The number of hydrogen-bond donors (Lipinski definition) is 1. The number of fused-ring (bicyclic) bond motifs is 1. The Morgan fingerprint density at radius 2 is 2.03 bits per heavy atom. The summed E-state index contributed by atoms with van der Waals surface area (Å²) in [5, 5.41) is 12.5. The van der Waals surface area contributed by atoms with Crippen molar-refractivity contribution >= 4 is 34.5 Å². The Labute approximate surface area is 182 Å². The quantitative estimate of drug-likeness (QED) is 0.444. The SMILES string of the molecule is CC(=O)Nc1cccc(-n2c(SCCn3c(=O)oc4ccccc43)nnc2C2CC2)c1. The van der Waals surface area contributed by atoms with Crippen molar-refractivity contribution in [2.45, 2.75) is 37.4 Å². The number of rotatable bonds is 7. The average molecular weight is 436 g/mol. The molecule has 158 valence electrons. The Morgan fingerprint density at radius 1 is 1.19 bits per heavy atom.